The fourth-order valence-corrected chi connectivity index (χ4v) is 3.27. The van der Waals surface area contributed by atoms with Crippen molar-refractivity contribution >= 4 is 34.7 Å². The number of carbonyl (C=O) groups is 3. The first-order valence-electron chi connectivity index (χ1n) is 12.0. The number of nitrogens with zero attached hydrogens (tertiary/aromatic N) is 1. The van der Waals surface area contributed by atoms with Gasteiger partial charge in [0.1, 0.15) is 30.4 Å². The van der Waals surface area contributed by atoms with Gasteiger partial charge in [0, 0.05) is 18.1 Å². The van der Waals surface area contributed by atoms with Crippen molar-refractivity contribution in [3.05, 3.63) is 72.2 Å². The number of benzene rings is 2. The number of amides is 2. The number of hydrogen-bond donors (Lipinski definition) is 3. The maximum Gasteiger partial charge on any atom is 0.412 e. The smallest absolute Gasteiger partial charge is 0.412 e. The number of hydrogen-bond acceptors (Lipinski definition) is 8. The van der Waals surface area contributed by atoms with Gasteiger partial charge in [0.25, 0.3) is 0 Å². The van der Waals surface area contributed by atoms with Crippen LogP contribution in [0.2, 0.25) is 0 Å². The summed E-state index contributed by atoms with van der Waals surface area (Å²) in [4.78, 5) is 40.8. The van der Waals surface area contributed by atoms with E-state index in [1.54, 1.807) is 26.8 Å². The molecular weight excluding hydrogens is 495 g/mol. The van der Waals surface area contributed by atoms with Crippen molar-refractivity contribution in [3.8, 4) is 0 Å². The Morgan fingerprint density at radius 3 is 2.47 bits per heavy atom. The van der Waals surface area contributed by atoms with Crippen LogP contribution in [0.4, 0.5) is 19.8 Å². The lowest BCUT2D eigenvalue weighted by molar-refractivity contribution is -0.153. The molecule has 38 heavy (non-hydrogen) atoms. The fraction of sp³-hybridized carbons (Fsp3) is 0.333. The average molecular weight is 527 g/mol. The maximum atomic E-state index is 13.5. The summed E-state index contributed by atoms with van der Waals surface area (Å²) >= 11 is 0. The summed E-state index contributed by atoms with van der Waals surface area (Å²) in [6.45, 7) is 4.95. The van der Waals surface area contributed by atoms with Crippen LogP contribution in [-0.2, 0) is 25.6 Å². The Bertz CT molecular complexity index is 1250. The van der Waals surface area contributed by atoms with Gasteiger partial charge in [0.05, 0.1) is 12.6 Å². The van der Waals surface area contributed by atoms with Crippen LogP contribution in [0.1, 0.15) is 26.3 Å². The molecule has 1 heterocycles. The molecule has 0 aliphatic rings. The molecule has 3 N–H and O–H groups in total. The number of carbonyl (C=O) groups excluding carboxylic acids is 3. The zero-order valence-electron chi connectivity index (χ0n) is 21.5. The molecule has 202 valence electrons. The zero-order chi connectivity index (χ0) is 27.5. The molecular formula is C27H31FN4O6. The second-order valence-corrected chi connectivity index (χ2v) is 9.39. The van der Waals surface area contributed by atoms with Crippen LogP contribution < -0.4 is 16.0 Å². The van der Waals surface area contributed by atoms with Gasteiger partial charge in [-0.25, -0.2) is 19.0 Å². The van der Waals surface area contributed by atoms with Gasteiger partial charge in [-0.3, -0.25) is 15.4 Å². The number of nitrogens with one attached hydrogen (secondary N) is 3. The molecule has 0 saturated heterocycles. The van der Waals surface area contributed by atoms with Crippen molar-refractivity contribution in [2.75, 3.05) is 25.0 Å². The van der Waals surface area contributed by atoms with Gasteiger partial charge < -0.3 is 19.5 Å². The number of rotatable bonds is 10. The summed E-state index contributed by atoms with van der Waals surface area (Å²) in [5.41, 5.74) is 0.159. The van der Waals surface area contributed by atoms with E-state index < -0.39 is 35.6 Å². The van der Waals surface area contributed by atoms with E-state index in [9.17, 15) is 18.8 Å². The predicted molar refractivity (Wildman–Crippen MR) is 139 cm³/mol. The van der Waals surface area contributed by atoms with E-state index in [2.05, 4.69) is 20.9 Å². The molecule has 2 aromatic carbocycles. The first-order valence-corrected chi connectivity index (χ1v) is 12.0. The average Bonchev–Trinajstić information content (AvgIpc) is 2.86. The second-order valence-electron chi connectivity index (χ2n) is 9.39. The van der Waals surface area contributed by atoms with Gasteiger partial charge in [0.15, 0.2) is 0 Å². The molecule has 0 bridgehead atoms. The van der Waals surface area contributed by atoms with Gasteiger partial charge in [0.2, 0.25) is 0 Å². The highest BCUT2D eigenvalue weighted by molar-refractivity contribution is 5.89. The topological polar surface area (TPSA) is 128 Å². The van der Waals surface area contributed by atoms with Crippen LogP contribution in [0.3, 0.4) is 0 Å². The van der Waals surface area contributed by atoms with Crippen LogP contribution in [0.25, 0.3) is 10.8 Å². The minimum atomic E-state index is -0.816. The number of alkyl carbamates (subject to hydrolysis) is 1. The Morgan fingerprint density at radius 2 is 1.74 bits per heavy atom. The molecule has 10 nitrogen and oxygen atoms in total. The number of anilines is 1. The summed E-state index contributed by atoms with van der Waals surface area (Å²) in [6.07, 6.45) is 0.0135. The molecule has 2 amide bonds. The number of pyridine rings is 1. The van der Waals surface area contributed by atoms with Crippen molar-refractivity contribution in [3.63, 3.8) is 0 Å². The lowest BCUT2D eigenvalue weighted by atomic mass is 10.2. The van der Waals surface area contributed by atoms with Crippen LogP contribution in [-0.4, -0.2) is 54.5 Å². The molecule has 11 heteroatoms. The third kappa shape index (κ3) is 10.0. The van der Waals surface area contributed by atoms with E-state index in [-0.39, 0.29) is 32.1 Å². The highest BCUT2D eigenvalue weighted by Gasteiger charge is 2.19. The Morgan fingerprint density at radius 1 is 0.974 bits per heavy atom. The third-order valence-electron chi connectivity index (χ3n) is 4.99. The van der Waals surface area contributed by atoms with E-state index in [1.807, 2.05) is 30.3 Å². The van der Waals surface area contributed by atoms with Crippen molar-refractivity contribution < 1.29 is 33.0 Å². The largest absolute Gasteiger partial charge is 0.459 e. The lowest BCUT2D eigenvalue weighted by Crippen LogP contribution is -2.47. The van der Waals surface area contributed by atoms with Crippen molar-refractivity contribution in [1.29, 1.82) is 0 Å². The first-order chi connectivity index (χ1) is 18.1. The van der Waals surface area contributed by atoms with E-state index in [1.165, 1.54) is 24.4 Å². The summed E-state index contributed by atoms with van der Waals surface area (Å²) in [5.74, 6) is -0.744. The van der Waals surface area contributed by atoms with Crippen LogP contribution in [0.15, 0.2) is 60.8 Å². The summed E-state index contributed by atoms with van der Waals surface area (Å²) < 4.78 is 29.3. The maximum absolute atomic E-state index is 13.5. The van der Waals surface area contributed by atoms with Gasteiger partial charge in [-0.05, 0) is 56.0 Å². The molecule has 0 aliphatic heterocycles. The Labute approximate surface area is 219 Å². The SMILES string of the molecule is CC(C)(C)OC(=O)CN[C@@H](CNC(=O)OCc1ccccc1)COC(=O)Nc1cc2cc(F)ccc2cn1. The molecule has 0 spiro atoms. The molecule has 0 unspecified atom stereocenters. The Balaban J connectivity index is 1.53. The third-order valence-corrected chi connectivity index (χ3v) is 4.99. The minimum absolute atomic E-state index is 0.00278. The number of halogens is 1. The molecule has 3 rings (SSSR count). The van der Waals surface area contributed by atoms with Crippen molar-refractivity contribution in [2.24, 2.45) is 0 Å². The van der Waals surface area contributed by atoms with Gasteiger partial charge >= 0.3 is 18.2 Å². The normalized spacial score (nSPS) is 11.9. The number of esters is 1. The standard InChI is InChI=1S/C27H31FN4O6/c1-27(2,3)38-24(33)15-29-22(14-31-25(34)36-16-18-7-5-4-6-8-18)17-37-26(35)32-23-12-20-11-21(28)10-9-19(20)13-30-23/h4-13,22,29H,14-17H2,1-3H3,(H,31,34)(H,30,32,35)/t22-/m0/s1. The summed E-state index contributed by atoms with van der Waals surface area (Å²) in [6, 6.07) is 14.3. The Kier molecular flexibility index (Phi) is 9.94. The van der Waals surface area contributed by atoms with Crippen LogP contribution >= 0.6 is 0 Å². The molecule has 1 atom stereocenters. The number of aromatic nitrogens is 1. The molecule has 3 aromatic rings. The summed E-state index contributed by atoms with van der Waals surface area (Å²) in [5, 5.41) is 9.26. The molecule has 0 radical (unpaired) electrons. The van der Waals surface area contributed by atoms with Gasteiger partial charge in [-0.1, -0.05) is 30.3 Å². The van der Waals surface area contributed by atoms with Gasteiger partial charge in [-0.2, -0.15) is 0 Å². The van der Waals surface area contributed by atoms with E-state index >= 15 is 0 Å². The molecule has 0 fully saturated rings. The zero-order valence-corrected chi connectivity index (χ0v) is 21.5. The molecule has 1 aromatic heterocycles. The second kappa shape index (κ2) is 13.3. The van der Waals surface area contributed by atoms with Gasteiger partial charge in [-0.15, -0.1) is 0 Å². The van der Waals surface area contributed by atoms with Crippen molar-refractivity contribution in [1.82, 2.24) is 15.6 Å². The highest BCUT2D eigenvalue weighted by atomic mass is 19.1. The molecule has 0 aliphatic carbocycles. The minimum Gasteiger partial charge on any atom is -0.459 e. The monoisotopic (exact) mass is 526 g/mol. The number of ether oxygens (including phenoxy) is 3. The molecule has 0 saturated carbocycles. The lowest BCUT2D eigenvalue weighted by Gasteiger charge is -2.22. The van der Waals surface area contributed by atoms with E-state index in [0.717, 1.165) is 5.56 Å². The quantitative estimate of drug-likeness (QED) is 0.266. The highest BCUT2D eigenvalue weighted by Crippen LogP contribution is 2.18. The van der Waals surface area contributed by atoms with E-state index in [0.29, 0.717) is 10.8 Å². The Hall–Kier alpha value is -4.25. The van der Waals surface area contributed by atoms with E-state index in [4.69, 9.17) is 14.2 Å². The van der Waals surface area contributed by atoms with Crippen LogP contribution in [0, 0.1) is 5.82 Å². The van der Waals surface area contributed by atoms with Crippen molar-refractivity contribution in [2.45, 2.75) is 39.0 Å². The summed E-state index contributed by atoms with van der Waals surface area (Å²) in [7, 11) is 0. The predicted octanol–water partition coefficient (Wildman–Crippen LogP) is 4.15. The fourth-order valence-electron chi connectivity index (χ4n) is 3.27. The number of fused-ring (bicyclic) bond motifs is 1. The first kappa shape index (κ1) is 28.3. The van der Waals surface area contributed by atoms with Crippen LogP contribution in [0.5, 0.6) is 0 Å².